The zero-order valence-electron chi connectivity index (χ0n) is 16.0. The highest BCUT2D eigenvalue weighted by atomic mass is 32.2. The van der Waals surface area contributed by atoms with Gasteiger partial charge in [-0.05, 0) is 42.5 Å². The quantitative estimate of drug-likeness (QED) is 0.661. The van der Waals surface area contributed by atoms with Crippen molar-refractivity contribution in [1.82, 2.24) is 4.31 Å². The fourth-order valence-corrected chi connectivity index (χ4v) is 3.53. The van der Waals surface area contributed by atoms with E-state index in [-0.39, 0.29) is 33.4 Å². The van der Waals surface area contributed by atoms with Crippen LogP contribution in [0.1, 0.15) is 10.6 Å². The van der Waals surface area contributed by atoms with E-state index in [1.165, 1.54) is 63.7 Å². The van der Waals surface area contributed by atoms with Crippen molar-refractivity contribution in [3.8, 4) is 17.1 Å². The molecule has 0 saturated carbocycles. The normalized spacial score (nSPS) is 11.5. The van der Waals surface area contributed by atoms with Gasteiger partial charge in [-0.2, -0.15) is 0 Å². The Bertz CT molecular complexity index is 1160. The van der Waals surface area contributed by atoms with E-state index in [4.69, 9.17) is 9.15 Å². The van der Waals surface area contributed by atoms with Crippen molar-refractivity contribution < 1.29 is 26.8 Å². The van der Waals surface area contributed by atoms with Crippen molar-refractivity contribution in [2.75, 3.05) is 26.5 Å². The van der Waals surface area contributed by atoms with Crippen LogP contribution in [0.2, 0.25) is 0 Å². The van der Waals surface area contributed by atoms with Crippen LogP contribution in [0.3, 0.4) is 0 Å². The number of carbonyl (C=O) groups excluding carboxylic acids is 1. The number of anilines is 1. The first-order valence-electron chi connectivity index (χ1n) is 8.50. The summed E-state index contributed by atoms with van der Waals surface area (Å²) in [4.78, 5) is 12.6. The highest BCUT2D eigenvalue weighted by Crippen LogP contribution is 2.30. The van der Waals surface area contributed by atoms with Crippen LogP contribution >= 0.6 is 0 Å². The second-order valence-electron chi connectivity index (χ2n) is 6.25. The Labute approximate surface area is 167 Å². The van der Waals surface area contributed by atoms with Crippen molar-refractivity contribution in [3.05, 3.63) is 66.2 Å². The van der Waals surface area contributed by atoms with Gasteiger partial charge in [0.2, 0.25) is 10.0 Å². The van der Waals surface area contributed by atoms with E-state index in [0.29, 0.717) is 0 Å². The second-order valence-corrected chi connectivity index (χ2v) is 8.40. The molecule has 0 atom stereocenters. The molecule has 0 unspecified atom stereocenters. The number of nitrogens with one attached hydrogen (secondary N) is 1. The van der Waals surface area contributed by atoms with Crippen LogP contribution in [-0.4, -0.2) is 39.8 Å². The molecule has 2 aromatic carbocycles. The SMILES string of the molecule is COc1ccc(S(=O)(=O)N(C)C)cc1NC(=O)c1ccc(-c2ccccc2F)o1. The number of methoxy groups -OCH3 is 1. The Morgan fingerprint density at radius 3 is 2.48 bits per heavy atom. The number of halogens is 1. The van der Waals surface area contributed by atoms with E-state index in [1.54, 1.807) is 12.1 Å². The van der Waals surface area contributed by atoms with Gasteiger partial charge in [-0.3, -0.25) is 4.79 Å². The van der Waals surface area contributed by atoms with E-state index >= 15 is 0 Å². The lowest BCUT2D eigenvalue weighted by molar-refractivity contribution is 0.0997. The molecule has 0 bridgehead atoms. The van der Waals surface area contributed by atoms with Crippen molar-refractivity contribution >= 4 is 21.6 Å². The van der Waals surface area contributed by atoms with Crippen LogP contribution in [-0.2, 0) is 10.0 Å². The Morgan fingerprint density at radius 1 is 1.10 bits per heavy atom. The molecule has 0 aliphatic heterocycles. The van der Waals surface area contributed by atoms with E-state index in [0.717, 1.165) is 4.31 Å². The minimum atomic E-state index is -3.70. The smallest absolute Gasteiger partial charge is 0.291 e. The summed E-state index contributed by atoms with van der Waals surface area (Å²) < 4.78 is 50.3. The van der Waals surface area contributed by atoms with Gasteiger partial charge < -0.3 is 14.5 Å². The summed E-state index contributed by atoms with van der Waals surface area (Å²) in [5.74, 6) is -0.699. The number of amides is 1. The van der Waals surface area contributed by atoms with Crippen LogP contribution in [0.5, 0.6) is 5.75 Å². The predicted octanol–water partition coefficient (Wildman–Crippen LogP) is 3.60. The summed E-state index contributed by atoms with van der Waals surface area (Å²) in [6.07, 6.45) is 0. The third-order valence-corrected chi connectivity index (χ3v) is 5.98. The van der Waals surface area contributed by atoms with E-state index in [9.17, 15) is 17.6 Å². The predicted molar refractivity (Wildman–Crippen MR) is 106 cm³/mol. The molecular formula is C20H19FN2O5S. The average Bonchev–Trinajstić information content (AvgIpc) is 3.18. The molecule has 0 spiro atoms. The van der Waals surface area contributed by atoms with Gasteiger partial charge in [-0.25, -0.2) is 17.1 Å². The molecule has 29 heavy (non-hydrogen) atoms. The van der Waals surface area contributed by atoms with Crippen molar-refractivity contribution in [1.29, 1.82) is 0 Å². The number of nitrogens with zero attached hydrogens (tertiary/aromatic N) is 1. The number of hydrogen-bond donors (Lipinski definition) is 1. The van der Waals surface area contributed by atoms with Gasteiger partial charge in [0, 0.05) is 14.1 Å². The Morgan fingerprint density at radius 2 is 1.83 bits per heavy atom. The topological polar surface area (TPSA) is 88.9 Å². The maximum atomic E-state index is 13.9. The zero-order valence-corrected chi connectivity index (χ0v) is 16.8. The lowest BCUT2D eigenvalue weighted by Crippen LogP contribution is -2.22. The number of sulfonamides is 1. The van der Waals surface area contributed by atoms with Gasteiger partial charge in [0.25, 0.3) is 5.91 Å². The van der Waals surface area contributed by atoms with Gasteiger partial charge in [0.15, 0.2) is 5.76 Å². The largest absolute Gasteiger partial charge is 0.495 e. The first-order valence-corrected chi connectivity index (χ1v) is 9.94. The fourth-order valence-electron chi connectivity index (χ4n) is 2.61. The molecule has 7 nitrogen and oxygen atoms in total. The number of benzene rings is 2. The zero-order chi connectivity index (χ0) is 21.2. The summed E-state index contributed by atoms with van der Waals surface area (Å²) in [5.41, 5.74) is 0.382. The maximum absolute atomic E-state index is 13.9. The summed E-state index contributed by atoms with van der Waals surface area (Å²) >= 11 is 0. The third-order valence-electron chi connectivity index (χ3n) is 4.17. The molecule has 152 valence electrons. The lowest BCUT2D eigenvalue weighted by Gasteiger charge is -2.14. The summed E-state index contributed by atoms with van der Waals surface area (Å²) in [6, 6.07) is 13.0. The molecule has 1 N–H and O–H groups in total. The van der Waals surface area contributed by atoms with Crippen molar-refractivity contribution in [2.24, 2.45) is 0 Å². The van der Waals surface area contributed by atoms with E-state index < -0.39 is 21.7 Å². The van der Waals surface area contributed by atoms with Crippen LogP contribution in [0.4, 0.5) is 10.1 Å². The Balaban J connectivity index is 1.90. The Hall–Kier alpha value is -3.17. The van der Waals surface area contributed by atoms with Crippen LogP contribution in [0.25, 0.3) is 11.3 Å². The minimum absolute atomic E-state index is 0.00918. The lowest BCUT2D eigenvalue weighted by atomic mass is 10.1. The molecule has 0 saturated heterocycles. The number of carbonyl (C=O) groups is 1. The van der Waals surface area contributed by atoms with E-state index in [1.807, 2.05) is 0 Å². The number of ether oxygens (including phenoxy) is 1. The number of rotatable bonds is 6. The molecule has 0 aliphatic rings. The van der Waals surface area contributed by atoms with Crippen LogP contribution in [0.15, 0.2) is 63.9 Å². The second kappa shape index (κ2) is 8.06. The van der Waals surface area contributed by atoms with Crippen molar-refractivity contribution in [2.45, 2.75) is 4.90 Å². The van der Waals surface area contributed by atoms with Gasteiger partial charge in [0.05, 0.1) is 23.3 Å². The average molecular weight is 418 g/mol. The van der Waals surface area contributed by atoms with Crippen LogP contribution in [0, 0.1) is 5.82 Å². The van der Waals surface area contributed by atoms with Gasteiger partial charge >= 0.3 is 0 Å². The summed E-state index contributed by atoms with van der Waals surface area (Å²) in [6.45, 7) is 0. The molecule has 9 heteroatoms. The molecule has 0 aliphatic carbocycles. The highest BCUT2D eigenvalue weighted by Gasteiger charge is 2.21. The van der Waals surface area contributed by atoms with Crippen LogP contribution < -0.4 is 10.1 Å². The molecule has 1 heterocycles. The number of furan rings is 1. The molecule has 3 rings (SSSR count). The molecule has 0 radical (unpaired) electrons. The summed E-state index contributed by atoms with van der Waals surface area (Å²) in [7, 11) is 0.512. The fraction of sp³-hybridized carbons (Fsp3) is 0.150. The molecule has 1 aromatic heterocycles. The first-order chi connectivity index (χ1) is 13.7. The standard InChI is InChI=1S/C20H19FN2O5S/c1-23(2)29(25,26)13-8-9-18(27-3)16(12-13)22-20(24)19-11-10-17(28-19)14-6-4-5-7-15(14)21/h4-12H,1-3H3,(H,22,24). The molecule has 0 fully saturated rings. The first kappa shape index (κ1) is 20.6. The number of hydrogen-bond acceptors (Lipinski definition) is 5. The maximum Gasteiger partial charge on any atom is 0.291 e. The molecule has 3 aromatic rings. The molecule has 1 amide bonds. The van der Waals surface area contributed by atoms with Gasteiger partial charge in [-0.15, -0.1) is 0 Å². The Kier molecular flexibility index (Phi) is 5.71. The summed E-state index contributed by atoms with van der Waals surface area (Å²) in [5, 5.41) is 2.57. The monoisotopic (exact) mass is 418 g/mol. The minimum Gasteiger partial charge on any atom is -0.495 e. The van der Waals surface area contributed by atoms with Gasteiger partial charge in [0.1, 0.15) is 17.3 Å². The third kappa shape index (κ3) is 4.15. The van der Waals surface area contributed by atoms with E-state index in [2.05, 4.69) is 5.32 Å². The molecular weight excluding hydrogens is 399 g/mol. The van der Waals surface area contributed by atoms with Gasteiger partial charge in [-0.1, -0.05) is 12.1 Å². The highest BCUT2D eigenvalue weighted by molar-refractivity contribution is 7.89. The van der Waals surface area contributed by atoms with Crippen molar-refractivity contribution in [3.63, 3.8) is 0 Å².